The number of rotatable bonds is 10. The lowest BCUT2D eigenvalue weighted by Crippen LogP contribution is -2.28. The highest BCUT2D eigenvalue weighted by Gasteiger charge is 2.16. The number of allylic oxidation sites excluding steroid dienone is 2. The molecule has 0 aromatic heterocycles. The lowest BCUT2D eigenvalue weighted by Gasteiger charge is -2.13. The van der Waals surface area contributed by atoms with Crippen molar-refractivity contribution in [2.45, 2.75) is 32.4 Å². The summed E-state index contributed by atoms with van der Waals surface area (Å²) in [5, 5.41) is 2.75. The first-order chi connectivity index (χ1) is 14.6. The summed E-state index contributed by atoms with van der Waals surface area (Å²) in [6, 6.07) is 15.4. The van der Waals surface area contributed by atoms with Crippen LogP contribution < -0.4 is 14.8 Å². The Morgan fingerprint density at radius 1 is 1.07 bits per heavy atom. The van der Waals surface area contributed by atoms with Crippen LogP contribution >= 0.6 is 0 Å². The van der Waals surface area contributed by atoms with Gasteiger partial charge in [-0.15, -0.1) is 0 Å². The van der Waals surface area contributed by atoms with Gasteiger partial charge in [0.2, 0.25) is 0 Å². The van der Waals surface area contributed by atoms with Crippen molar-refractivity contribution in [2.75, 3.05) is 13.7 Å². The molecule has 2 aromatic rings. The molecule has 1 aliphatic rings. The maximum Gasteiger partial charge on any atom is 0.306 e. The molecule has 0 radical (unpaired) electrons. The molecule has 1 aliphatic carbocycles. The van der Waals surface area contributed by atoms with Crippen molar-refractivity contribution < 1.29 is 23.8 Å². The molecule has 0 heterocycles. The summed E-state index contributed by atoms with van der Waals surface area (Å²) in [5.41, 5.74) is 1.92. The number of hydrogen-bond acceptors (Lipinski definition) is 5. The smallest absolute Gasteiger partial charge is 0.306 e. The van der Waals surface area contributed by atoms with Crippen LogP contribution in [0.5, 0.6) is 11.5 Å². The summed E-state index contributed by atoms with van der Waals surface area (Å²) in [4.78, 5) is 23.8. The lowest BCUT2D eigenvalue weighted by molar-refractivity contribution is -0.149. The number of carbonyl (C=O) groups is 2. The van der Waals surface area contributed by atoms with Gasteiger partial charge in [0.1, 0.15) is 6.61 Å². The van der Waals surface area contributed by atoms with Gasteiger partial charge in [0.05, 0.1) is 13.5 Å². The Kier molecular flexibility index (Phi) is 7.89. The summed E-state index contributed by atoms with van der Waals surface area (Å²) in [7, 11) is 1.58. The number of methoxy groups -OCH3 is 1. The molecule has 30 heavy (non-hydrogen) atoms. The Morgan fingerprint density at radius 3 is 2.63 bits per heavy atom. The van der Waals surface area contributed by atoms with E-state index in [9.17, 15) is 9.59 Å². The third-order valence-corrected chi connectivity index (χ3v) is 4.86. The van der Waals surface area contributed by atoms with Gasteiger partial charge in [-0.3, -0.25) is 9.59 Å². The fourth-order valence-corrected chi connectivity index (χ4v) is 3.21. The zero-order valence-electron chi connectivity index (χ0n) is 17.1. The molecule has 0 spiro atoms. The van der Waals surface area contributed by atoms with Crippen molar-refractivity contribution in [2.24, 2.45) is 5.92 Å². The summed E-state index contributed by atoms with van der Waals surface area (Å²) in [6.07, 6.45) is 6.39. The largest absolute Gasteiger partial charge is 0.493 e. The normalized spacial score (nSPS) is 14.9. The fraction of sp³-hybridized carbons (Fsp3) is 0.333. The lowest BCUT2D eigenvalue weighted by atomic mass is 10.1. The molecule has 2 aromatic carbocycles. The molecule has 0 fully saturated rings. The van der Waals surface area contributed by atoms with E-state index in [4.69, 9.17) is 14.2 Å². The molecule has 1 amide bonds. The highest BCUT2D eigenvalue weighted by Crippen LogP contribution is 2.29. The van der Waals surface area contributed by atoms with Crippen LogP contribution in [0, 0.1) is 5.92 Å². The van der Waals surface area contributed by atoms with Gasteiger partial charge in [-0.25, -0.2) is 0 Å². The third-order valence-electron chi connectivity index (χ3n) is 4.86. The van der Waals surface area contributed by atoms with Crippen LogP contribution in [0.1, 0.15) is 30.4 Å². The molecule has 0 aliphatic heterocycles. The van der Waals surface area contributed by atoms with Crippen molar-refractivity contribution in [3.63, 3.8) is 0 Å². The summed E-state index contributed by atoms with van der Waals surface area (Å²) >= 11 is 0. The van der Waals surface area contributed by atoms with E-state index in [-0.39, 0.29) is 24.4 Å². The number of nitrogens with one attached hydrogen (secondary N) is 1. The molecule has 158 valence electrons. The molecule has 1 N–H and O–H groups in total. The molecular weight excluding hydrogens is 382 g/mol. The van der Waals surface area contributed by atoms with E-state index in [1.54, 1.807) is 7.11 Å². The number of benzene rings is 2. The number of carbonyl (C=O) groups excluding carboxylic acids is 2. The van der Waals surface area contributed by atoms with Crippen molar-refractivity contribution in [3.8, 4) is 11.5 Å². The highest BCUT2D eigenvalue weighted by atomic mass is 16.5. The summed E-state index contributed by atoms with van der Waals surface area (Å²) in [6.45, 7) is 0.469. The van der Waals surface area contributed by atoms with Crippen LogP contribution in [0.4, 0.5) is 0 Å². The maximum absolute atomic E-state index is 12.0. The van der Waals surface area contributed by atoms with Crippen LogP contribution in [0.2, 0.25) is 0 Å². The standard InChI is InChI=1S/C24H27NO5/c1-28-22-13-20(11-12-21(22)29-16-19-9-3-2-4-10-19)15-25-23(26)17-30-24(27)14-18-7-5-6-8-18/h2-5,7,9-13,18H,6,8,14-17H2,1H3,(H,25,26)/t18-/m0/s1. The Labute approximate surface area is 176 Å². The van der Waals surface area contributed by atoms with Gasteiger partial charge >= 0.3 is 5.97 Å². The second kappa shape index (κ2) is 11.0. The number of ether oxygens (including phenoxy) is 3. The summed E-state index contributed by atoms with van der Waals surface area (Å²) in [5.74, 6) is 0.771. The highest BCUT2D eigenvalue weighted by molar-refractivity contribution is 5.80. The van der Waals surface area contributed by atoms with Crippen molar-refractivity contribution in [3.05, 3.63) is 71.8 Å². The van der Waals surface area contributed by atoms with E-state index in [2.05, 4.69) is 11.4 Å². The quantitative estimate of drug-likeness (QED) is 0.477. The van der Waals surface area contributed by atoms with E-state index >= 15 is 0 Å². The molecule has 0 unspecified atom stereocenters. The van der Waals surface area contributed by atoms with E-state index < -0.39 is 0 Å². The minimum Gasteiger partial charge on any atom is -0.493 e. The van der Waals surface area contributed by atoms with Crippen LogP contribution in [-0.2, 0) is 27.5 Å². The minimum absolute atomic E-state index is 0.232. The van der Waals surface area contributed by atoms with Gasteiger partial charge in [0.15, 0.2) is 18.1 Å². The van der Waals surface area contributed by atoms with E-state index in [0.29, 0.717) is 31.1 Å². The van der Waals surface area contributed by atoms with Crippen LogP contribution in [-0.4, -0.2) is 25.6 Å². The van der Waals surface area contributed by atoms with Gasteiger partial charge in [0, 0.05) is 6.54 Å². The first-order valence-electron chi connectivity index (χ1n) is 10.1. The zero-order valence-corrected chi connectivity index (χ0v) is 17.1. The topological polar surface area (TPSA) is 73.9 Å². The van der Waals surface area contributed by atoms with Gasteiger partial charge in [0.25, 0.3) is 5.91 Å². The SMILES string of the molecule is COc1cc(CNC(=O)COC(=O)C[C@H]2C=CCC2)ccc1OCc1ccccc1. The van der Waals surface area contributed by atoms with Gasteiger partial charge in [-0.2, -0.15) is 0 Å². The van der Waals surface area contributed by atoms with Gasteiger partial charge < -0.3 is 19.5 Å². The van der Waals surface area contributed by atoms with Crippen molar-refractivity contribution in [1.82, 2.24) is 5.32 Å². The average Bonchev–Trinajstić information content (AvgIpc) is 3.28. The van der Waals surface area contributed by atoms with Crippen LogP contribution in [0.25, 0.3) is 0 Å². The maximum atomic E-state index is 12.0. The molecule has 0 saturated carbocycles. The van der Waals surface area contributed by atoms with Crippen LogP contribution in [0.3, 0.4) is 0 Å². The van der Waals surface area contributed by atoms with E-state index in [1.807, 2.05) is 54.6 Å². The van der Waals surface area contributed by atoms with Gasteiger partial charge in [-0.05, 0) is 42.0 Å². The van der Waals surface area contributed by atoms with E-state index in [0.717, 1.165) is 24.0 Å². The first-order valence-corrected chi connectivity index (χ1v) is 10.1. The van der Waals surface area contributed by atoms with Crippen LogP contribution in [0.15, 0.2) is 60.7 Å². The number of esters is 1. The number of amides is 1. The van der Waals surface area contributed by atoms with E-state index in [1.165, 1.54) is 0 Å². The average molecular weight is 409 g/mol. The second-order valence-corrected chi connectivity index (χ2v) is 7.17. The minimum atomic E-state index is -0.344. The first kappa shape index (κ1) is 21.4. The zero-order chi connectivity index (χ0) is 21.2. The Hall–Kier alpha value is -3.28. The van der Waals surface area contributed by atoms with Crippen molar-refractivity contribution >= 4 is 11.9 Å². The second-order valence-electron chi connectivity index (χ2n) is 7.17. The molecule has 6 nitrogen and oxygen atoms in total. The Morgan fingerprint density at radius 2 is 1.90 bits per heavy atom. The number of hydrogen-bond donors (Lipinski definition) is 1. The molecule has 0 saturated heterocycles. The Balaban J connectivity index is 1.43. The summed E-state index contributed by atoms with van der Waals surface area (Å²) < 4.78 is 16.3. The van der Waals surface area contributed by atoms with Crippen molar-refractivity contribution in [1.29, 1.82) is 0 Å². The molecule has 6 heteroatoms. The van der Waals surface area contributed by atoms with Gasteiger partial charge in [-0.1, -0.05) is 48.6 Å². The predicted octanol–water partition coefficient (Wildman–Crippen LogP) is 3.79. The molecule has 3 rings (SSSR count). The fourth-order valence-electron chi connectivity index (χ4n) is 3.21. The molecule has 0 bridgehead atoms. The molecular formula is C24H27NO5. The third kappa shape index (κ3) is 6.65. The monoisotopic (exact) mass is 409 g/mol. The predicted molar refractivity (Wildman–Crippen MR) is 113 cm³/mol. The Bertz CT molecular complexity index is 878. The molecule has 1 atom stereocenters.